The van der Waals surface area contributed by atoms with E-state index in [1.807, 2.05) is 6.08 Å². The number of carbonyl (C=O) groups is 1. The summed E-state index contributed by atoms with van der Waals surface area (Å²) in [5.41, 5.74) is 6.61. The molecule has 1 aliphatic carbocycles. The fourth-order valence-electron chi connectivity index (χ4n) is 1.62. The molecular weight excluding hydrogens is 194 g/mol. The number of hydrogen-bond acceptors (Lipinski definition) is 4. The Balaban J connectivity index is 2.42. The third-order valence-corrected chi connectivity index (χ3v) is 2.55. The molecule has 86 valence electrons. The maximum atomic E-state index is 10.9. The van der Waals surface area contributed by atoms with Crippen molar-refractivity contribution in [2.75, 3.05) is 13.7 Å². The van der Waals surface area contributed by atoms with Gasteiger partial charge in [0.2, 0.25) is 0 Å². The molecule has 1 aliphatic rings. The van der Waals surface area contributed by atoms with Gasteiger partial charge in [-0.2, -0.15) is 0 Å². The van der Waals surface area contributed by atoms with E-state index < -0.39 is 0 Å². The molecule has 15 heavy (non-hydrogen) atoms. The predicted molar refractivity (Wildman–Crippen MR) is 57.1 cm³/mol. The first-order valence-corrected chi connectivity index (χ1v) is 5.38. The summed E-state index contributed by atoms with van der Waals surface area (Å²) in [6, 6.07) is 0. The van der Waals surface area contributed by atoms with E-state index in [1.165, 1.54) is 20.0 Å². The molecule has 1 atom stereocenters. The van der Waals surface area contributed by atoms with Crippen LogP contribution in [0, 0.1) is 0 Å². The lowest BCUT2D eigenvalue weighted by Gasteiger charge is -2.19. The lowest BCUT2D eigenvalue weighted by Crippen LogP contribution is -2.25. The number of rotatable bonds is 3. The van der Waals surface area contributed by atoms with Gasteiger partial charge >= 0.3 is 5.97 Å². The highest BCUT2D eigenvalue weighted by molar-refractivity contribution is 5.70. The first-order chi connectivity index (χ1) is 7.24. The number of hydrogen-bond donors (Lipinski definition) is 1. The molecule has 0 heterocycles. The average Bonchev–Trinajstić information content (AvgIpc) is 2.22. The number of nitrogens with two attached hydrogens (primary N) is 1. The summed E-state index contributed by atoms with van der Waals surface area (Å²) in [5, 5.41) is 0. The molecule has 0 fully saturated rings. The minimum atomic E-state index is -0.357. The van der Waals surface area contributed by atoms with E-state index in [0.717, 1.165) is 25.0 Å². The van der Waals surface area contributed by atoms with Crippen molar-refractivity contribution in [1.82, 2.24) is 0 Å². The van der Waals surface area contributed by atoms with Crippen molar-refractivity contribution < 1.29 is 14.3 Å². The van der Waals surface area contributed by atoms with Crippen molar-refractivity contribution in [3.05, 3.63) is 11.8 Å². The minimum absolute atomic E-state index is 0.0181. The van der Waals surface area contributed by atoms with Crippen molar-refractivity contribution >= 4 is 5.97 Å². The number of carbonyl (C=O) groups excluding carboxylic acids is 1. The lowest BCUT2D eigenvalue weighted by molar-refractivity contribution is -0.147. The zero-order valence-corrected chi connectivity index (χ0v) is 9.20. The van der Waals surface area contributed by atoms with E-state index in [9.17, 15) is 4.79 Å². The maximum absolute atomic E-state index is 10.9. The Hall–Kier alpha value is -1.03. The van der Waals surface area contributed by atoms with Gasteiger partial charge in [-0.05, 0) is 19.3 Å². The Kier molecular flexibility index (Phi) is 5.18. The summed E-state index contributed by atoms with van der Waals surface area (Å²) in [7, 11) is 1.35. The molecule has 4 heteroatoms. The number of allylic oxidation sites excluding steroid dienone is 1. The summed E-state index contributed by atoms with van der Waals surface area (Å²) in [4.78, 5) is 10.9. The van der Waals surface area contributed by atoms with Gasteiger partial charge in [-0.3, -0.25) is 0 Å². The SMILES string of the molecule is COC(=O)COC1CCCCC/C=C\1N. The number of ether oxygens (including phenoxy) is 2. The first-order valence-electron chi connectivity index (χ1n) is 5.38. The molecule has 0 amide bonds. The van der Waals surface area contributed by atoms with Gasteiger partial charge in [0.25, 0.3) is 0 Å². The van der Waals surface area contributed by atoms with Crippen LogP contribution in [0.15, 0.2) is 11.8 Å². The Morgan fingerprint density at radius 2 is 2.33 bits per heavy atom. The lowest BCUT2D eigenvalue weighted by atomic mass is 10.0. The van der Waals surface area contributed by atoms with Gasteiger partial charge in [0, 0.05) is 5.70 Å². The van der Waals surface area contributed by atoms with Gasteiger partial charge < -0.3 is 15.2 Å². The third kappa shape index (κ3) is 4.34. The van der Waals surface area contributed by atoms with E-state index in [0.29, 0.717) is 0 Å². The summed E-state index contributed by atoms with van der Waals surface area (Å²) in [6.07, 6.45) is 7.25. The van der Waals surface area contributed by atoms with Crippen molar-refractivity contribution in [1.29, 1.82) is 0 Å². The standard InChI is InChI=1S/C11H19NO3/c1-14-11(13)8-15-10-7-5-3-2-4-6-9(10)12/h6,10H,2-5,7-8,12H2,1H3/b9-6+. The molecular formula is C11H19NO3. The van der Waals surface area contributed by atoms with E-state index in [4.69, 9.17) is 10.5 Å². The van der Waals surface area contributed by atoms with Crippen LogP contribution in [0.5, 0.6) is 0 Å². The van der Waals surface area contributed by atoms with Crippen LogP contribution in [0.4, 0.5) is 0 Å². The number of methoxy groups -OCH3 is 1. The second-order valence-electron chi connectivity index (χ2n) is 3.72. The zero-order chi connectivity index (χ0) is 11.1. The summed E-state index contributed by atoms with van der Waals surface area (Å²) in [5.74, 6) is -0.357. The largest absolute Gasteiger partial charge is 0.467 e. The molecule has 0 aromatic heterocycles. The normalized spacial score (nSPS) is 25.9. The molecule has 2 N–H and O–H groups in total. The van der Waals surface area contributed by atoms with Gasteiger partial charge in [0.15, 0.2) is 0 Å². The van der Waals surface area contributed by atoms with Crippen molar-refractivity contribution in [3.63, 3.8) is 0 Å². The molecule has 0 saturated carbocycles. The van der Waals surface area contributed by atoms with Gasteiger partial charge in [0.1, 0.15) is 6.61 Å². The van der Waals surface area contributed by atoms with Gasteiger partial charge in [-0.15, -0.1) is 0 Å². The minimum Gasteiger partial charge on any atom is -0.467 e. The average molecular weight is 213 g/mol. The topological polar surface area (TPSA) is 61.5 Å². The molecule has 0 aromatic carbocycles. The predicted octanol–water partition coefficient (Wildman–Crippen LogP) is 1.35. The second kappa shape index (κ2) is 6.45. The first kappa shape index (κ1) is 12.0. The number of esters is 1. The Bertz CT molecular complexity index is 238. The smallest absolute Gasteiger partial charge is 0.331 e. The van der Waals surface area contributed by atoms with E-state index in [1.54, 1.807) is 0 Å². The van der Waals surface area contributed by atoms with Crippen LogP contribution in [0.2, 0.25) is 0 Å². The summed E-state index contributed by atoms with van der Waals surface area (Å²) >= 11 is 0. The van der Waals surface area contributed by atoms with Gasteiger partial charge in [-0.1, -0.05) is 18.9 Å². The molecule has 4 nitrogen and oxygen atoms in total. The van der Waals surface area contributed by atoms with Crippen LogP contribution < -0.4 is 5.73 Å². The highest BCUT2D eigenvalue weighted by Crippen LogP contribution is 2.17. The van der Waals surface area contributed by atoms with Crippen molar-refractivity contribution in [2.45, 2.75) is 38.2 Å². The van der Waals surface area contributed by atoms with Crippen LogP contribution in [-0.2, 0) is 14.3 Å². The summed E-state index contributed by atoms with van der Waals surface area (Å²) in [6.45, 7) is -0.0181. The summed E-state index contributed by atoms with van der Waals surface area (Å²) < 4.78 is 9.92. The molecule has 0 radical (unpaired) electrons. The van der Waals surface area contributed by atoms with E-state index >= 15 is 0 Å². The fraction of sp³-hybridized carbons (Fsp3) is 0.727. The molecule has 0 aromatic rings. The van der Waals surface area contributed by atoms with Crippen molar-refractivity contribution in [3.8, 4) is 0 Å². The molecule has 0 bridgehead atoms. The van der Waals surface area contributed by atoms with Crippen LogP contribution in [0.3, 0.4) is 0 Å². The maximum Gasteiger partial charge on any atom is 0.331 e. The van der Waals surface area contributed by atoms with Gasteiger partial charge in [-0.25, -0.2) is 4.79 Å². The van der Waals surface area contributed by atoms with E-state index in [-0.39, 0.29) is 18.7 Å². The van der Waals surface area contributed by atoms with E-state index in [2.05, 4.69) is 4.74 Å². The van der Waals surface area contributed by atoms with Crippen LogP contribution in [0.1, 0.15) is 32.1 Å². The Morgan fingerprint density at radius 1 is 1.53 bits per heavy atom. The fourth-order valence-corrected chi connectivity index (χ4v) is 1.62. The highest BCUT2D eigenvalue weighted by Gasteiger charge is 2.15. The molecule has 0 spiro atoms. The second-order valence-corrected chi connectivity index (χ2v) is 3.72. The molecule has 0 aliphatic heterocycles. The van der Waals surface area contributed by atoms with Crippen LogP contribution >= 0.6 is 0 Å². The highest BCUT2D eigenvalue weighted by atomic mass is 16.6. The molecule has 0 saturated heterocycles. The van der Waals surface area contributed by atoms with Crippen molar-refractivity contribution in [2.24, 2.45) is 5.73 Å². The van der Waals surface area contributed by atoms with Gasteiger partial charge in [0.05, 0.1) is 13.2 Å². The van der Waals surface area contributed by atoms with Crippen LogP contribution in [-0.4, -0.2) is 25.8 Å². The van der Waals surface area contributed by atoms with Crippen LogP contribution in [0.25, 0.3) is 0 Å². The zero-order valence-electron chi connectivity index (χ0n) is 9.20. The molecule has 1 rings (SSSR count). The third-order valence-electron chi connectivity index (χ3n) is 2.55. The Morgan fingerprint density at radius 3 is 3.07 bits per heavy atom. The molecule has 1 unspecified atom stereocenters. The quantitative estimate of drug-likeness (QED) is 0.719. The Labute approximate surface area is 90.4 Å². The monoisotopic (exact) mass is 213 g/mol.